The van der Waals surface area contributed by atoms with Crippen LogP contribution >= 0.6 is 0 Å². The maximum atomic E-state index is 12.4. The number of hydrogen-bond acceptors (Lipinski definition) is 4. The summed E-state index contributed by atoms with van der Waals surface area (Å²) in [7, 11) is -5.13. The number of aliphatic carboxylic acids is 2. The number of unbranched alkanes of at least 4 members (excludes halogenated alkanes) is 22. The van der Waals surface area contributed by atoms with Crippen molar-refractivity contribution in [3.8, 4) is 0 Å². The summed E-state index contributed by atoms with van der Waals surface area (Å²) in [5.41, 5.74) is 0. The van der Waals surface area contributed by atoms with E-state index in [0.717, 1.165) is 51.4 Å². The van der Waals surface area contributed by atoms with Crippen LogP contribution < -0.4 is 0 Å². The average Bonchev–Trinajstić information content (AvgIpc) is 2.89. The van der Waals surface area contributed by atoms with Gasteiger partial charge >= 0.3 is 41.5 Å². The van der Waals surface area contributed by atoms with E-state index < -0.39 is 32.7 Å². The summed E-state index contributed by atoms with van der Waals surface area (Å²) < 4.78 is 32.1. The van der Waals surface area contributed by atoms with Gasteiger partial charge in [0, 0.05) is 0 Å². The Morgan fingerprint density at radius 3 is 1.12 bits per heavy atom. The standard InChI is InChI=1S/C32H62O7S.Na.H/c1-3-5-7-9-11-13-15-17-19-21-23-25-27-29(30(33)34)32(31(35)36,40(37,38)39)28-26-24-22-20-18-16-14-12-10-8-6-4-2;;/h29H,3-28H2,1-2H3,(H,33,34)(H,35,36)(H,37,38,39);;. The maximum absolute atomic E-state index is 12.4. The van der Waals surface area contributed by atoms with Gasteiger partial charge in [-0.15, -0.1) is 0 Å². The van der Waals surface area contributed by atoms with Crippen LogP contribution in [-0.2, 0) is 19.7 Å². The summed E-state index contributed by atoms with van der Waals surface area (Å²) in [5.74, 6) is -4.90. The summed E-state index contributed by atoms with van der Waals surface area (Å²) in [5, 5.41) is 19.8. The van der Waals surface area contributed by atoms with Crippen LogP contribution in [0.4, 0.5) is 0 Å². The zero-order valence-corrected chi connectivity index (χ0v) is 26.7. The van der Waals surface area contributed by atoms with Crippen LogP contribution in [0.1, 0.15) is 181 Å². The molecule has 41 heavy (non-hydrogen) atoms. The van der Waals surface area contributed by atoms with Crippen LogP contribution in [0.25, 0.3) is 0 Å². The van der Waals surface area contributed by atoms with Gasteiger partial charge in [0.1, 0.15) is 0 Å². The van der Waals surface area contributed by atoms with E-state index in [2.05, 4.69) is 13.8 Å². The second-order valence-corrected chi connectivity index (χ2v) is 13.6. The fourth-order valence-electron chi connectivity index (χ4n) is 5.82. The Balaban J connectivity index is 0. The predicted octanol–water partition coefficient (Wildman–Crippen LogP) is 8.93. The van der Waals surface area contributed by atoms with Crippen LogP contribution in [-0.4, -0.2) is 69.4 Å². The fourth-order valence-corrected chi connectivity index (χ4v) is 7.02. The van der Waals surface area contributed by atoms with Crippen molar-refractivity contribution in [3.05, 3.63) is 0 Å². The third-order valence-corrected chi connectivity index (χ3v) is 10.0. The van der Waals surface area contributed by atoms with E-state index >= 15 is 0 Å². The summed E-state index contributed by atoms with van der Waals surface area (Å²) in [6.45, 7) is 4.42. The fraction of sp³-hybridized carbons (Fsp3) is 0.938. The van der Waals surface area contributed by atoms with Crippen LogP contribution in [0.5, 0.6) is 0 Å². The molecule has 0 aliphatic rings. The van der Waals surface area contributed by atoms with Crippen LogP contribution in [0, 0.1) is 5.92 Å². The Bertz CT molecular complexity index is 744. The molecule has 0 saturated carbocycles. The molecule has 0 radical (unpaired) electrons. The number of rotatable bonds is 30. The first-order valence-corrected chi connectivity index (χ1v) is 18.0. The normalized spacial score (nSPS) is 13.8. The second kappa shape index (κ2) is 27.4. The average molecular weight is 615 g/mol. The van der Waals surface area contributed by atoms with Gasteiger partial charge in [-0.3, -0.25) is 14.1 Å². The van der Waals surface area contributed by atoms with Gasteiger partial charge in [0.2, 0.25) is 4.75 Å². The summed E-state index contributed by atoms with van der Waals surface area (Å²) >= 11 is 0. The second-order valence-electron chi connectivity index (χ2n) is 11.9. The first-order chi connectivity index (χ1) is 19.1. The minimum absolute atomic E-state index is 0. The number of hydrogen-bond donors (Lipinski definition) is 3. The molecule has 2 atom stereocenters. The number of carbonyl (C=O) groups is 2. The molecule has 0 aromatic heterocycles. The van der Waals surface area contributed by atoms with Crippen molar-refractivity contribution < 1.29 is 32.8 Å². The molecule has 3 N–H and O–H groups in total. The van der Waals surface area contributed by atoms with Crippen molar-refractivity contribution in [2.45, 2.75) is 186 Å². The molecule has 0 aromatic carbocycles. The number of carboxylic acids is 2. The Labute approximate surface area is 274 Å². The van der Waals surface area contributed by atoms with Crippen molar-refractivity contribution >= 4 is 51.6 Å². The van der Waals surface area contributed by atoms with Gasteiger partial charge in [0.15, 0.2) is 0 Å². The zero-order chi connectivity index (χ0) is 30.1. The summed E-state index contributed by atoms with van der Waals surface area (Å²) in [6, 6.07) is 0. The Kier molecular flexibility index (Phi) is 28.7. The van der Waals surface area contributed by atoms with E-state index in [1.165, 1.54) is 83.5 Å². The summed E-state index contributed by atoms with van der Waals surface area (Å²) in [6.07, 6.45) is 25.2. The monoisotopic (exact) mass is 614 g/mol. The minimum atomic E-state index is -5.13. The Morgan fingerprint density at radius 1 is 0.561 bits per heavy atom. The Morgan fingerprint density at radius 2 is 0.854 bits per heavy atom. The van der Waals surface area contributed by atoms with Crippen LogP contribution in [0.2, 0.25) is 0 Å². The van der Waals surface area contributed by atoms with Crippen LogP contribution in [0.3, 0.4) is 0 Å². The quantitative estimate of drug-likeness (QED) is 0.0418. The van der Waals surface area contributed by atoms with Crippen molar-refractivity contribution in [3.63, 3.8) is 0 Å². The molecule has 0 aliphatic heterocycles. The van der Waals surface area contributed by atoms with Gasteiger partial charge in [-0.25, -0.2) is 0 Å². The molecular formula is C32H63NaO7S. The van der Waals surface area contributed by atoms with Gasteiger partial charge < -0.3 is 10.2 Å². The van der Waals surface area contributed by atoms with E-state index in [1.54, 1.807) is 0 Å². The number of carboxylic acid groups (broad SMARTS) is 2. The molecule has 0 saturated heterocycles. The molecule has 0 heterocycles. The van der Waals surface area contributed by atoms with Gasteiger partial charge in [-0.05, 0) is 12.8 Å². The zero-order valence-electron chi connectivity index (χ0n) is 25.8. The molecule has 7 nitrogen and oxygen atoms in total. The van der Waals surface area contributed by atoms with E-state index in [9.17, 15) is 32.8 Å². The summed E-state index contributed by atoms with van der Waals surface area (Å²) in [4.78, 5) is 24.4. The Hall–Kier alpha value is -0.150. The topological polar surface area (TPSA) is 129 Å². The van der Waals surface area contributed by atoms with E-state index in [4.69, 9.17) is 0 Å². The molecule has 0 aromatic rings. The molecule has 0 rings (SSSR count). The van der Waals surface area contributed by atoms with E-state index in [-0.39, 0.29) is 48.8 Å². The molecule has 240 valence electrons. The molecule has 0 bridgehead atoms. The molecule has 0 spiro atoms. The van der Waals surface area contributed by atoms with Crippen molar-refractivity contribution in [2.75, 3.05) is 0 Å². The molecule has 9 heteroatoms. The molecule has 0 amide bonds. The van der Waals surface area contributed by atoms with Gasteiger partial charge in [-0.2, -0.15) is 8.42 Å². The first kappa shape index (κ1) is 43.0. The molecule has 0 aliphatic carbocycles. The predicted molar refractivity (Wildman–Crippen MR) is 172 cm³/mol. The van der Waals surface area contributed by atoms with Gasteiger partial charge in [0.25, 0.3) is 10.1 Å². The third-order valence-electron chi connectivity index (χ3n) is 8.43. The SMILES string of the molecule is CCCCCCCCCCCCCCC(C(=O)O)C(CCCCCCCCCCCCCC)(C(=O)O)S(=O)(=O)O.[NaH]. The van der Waals surface area contributed by atoms with Crippen molar-refractivity contribution in [1.29, 1.82) is 0 Å². The molecule has 0 fully saturated rings. The van der Waals surface area contributed by atoms with Gasteiger partial charge in [0.05, 0.1) is 5.92 Å². The third kappa shape index (κ3) is 19.7. The van der Waals surface area contributed by atoms with E-state index in [1.807, 2.05) is 0 Å². The van der Waals surface area contributed by atoms with Crippen LogP contribution in [0.15, 0.2) is 0 Å². The van der Waals surface area contributed by atoms with Crippen molar-refractivity contribution in [2.24, 2.45) is 5.92 Å². The van der Waals surface area contributed by atoms with Gasteiger partial charge in [-0.1, -0.05) is 168 Å². The molecular weight excluding hydrogens is 551 g/mol. The molecule has 2 unspecified atom stereocenters. The van der Waals surface area contributed by atoms with E-state index in [0.29, 0.717) is 12.8 Å². The van der Waals surface area contributed by atoms with Crippen molar-refractivity contribution in [1.82, 2.24) is 0 Å². The first-order valence-electron chi connectivity index (χ1n) is 16.6.